The molecule has 0 aromatic heterocycles. The van der Waals surface area contributed by atoms with Gasteiger partial charge in [-0.25, -0.2) is 17.5 Å². The standard InChI is InChI=1S/C21H21N3O7S/c1-13(24-19(26)16-9-4-5-10-17(16)20(24)27)21(28)31-12-18(25)22-14-7-6-8-15(11-14)32(29,30)23(2)3/h4-11,13H,12H2,1-3H3,(H,22,25)/t13-/m1/s1. The van der Waals surface area contributed by atoms with Crippen LogP contribution in [-0.2, 0) is 24.3 Å². The Morgan fingerprint density at radius 3 is 2.19 bits per heavy atom. The summed E-state index contributed by atoms with van der Waals surface area (Å²) in [4.78, 5) is 50.2. The van der Waals surface area contributed by atoms with Gasteiger partial charge in [0.2, 0.25) is 10.0 Å². The van der Waals surface area contributed by atoms with Crippen LogP contribution in [-0.4, -0.2) is 68.1 Å². The van der Waals surface area contributed by atoms with E-state index in [0.29, 0.717) is 0 Å². The smallest absolute Gasteiger partial charge is 0.329 e. The van der Waals surface area contributed by atoms with Crippen molar-refractivity contribution >= 4 is 39.4 Å². The second-order valence-corrected chi connectivity index (χ2v) is 9.32. The number of hydrogen-bond donors (Lipinski definition) is 1. The van der Waals surface area contributed by atoms with Crippen LogP contribution in [0.2, 0.25) is 0 Å². The molecule has 0 bridgehead atoms. The van der Waals surface area contributed by atoms with Crippen LogP contribution >= 0.6 is 0 Å². The van der Waals surface area contributed by atoms with Crippen LogP contribution in [0.1, 0.15) is 27.6 Å². The molecule has 3 rings (SSSR count). The number of nitrogens with one attached hydrogen (secondary N) is 1. The van der Waals surface area contributed by atoms with E-state index in [0.717, 1.165) is 9.21 Å². The van der Waals surface area contributed by atoms with Crippen molar-refractivity contribution in [2.75, 3.05) is 26.0 Å². The molecule has 1 heterocycles. The average Bonchev–Trinajstić information content (AvgIpc) is 3.02. The number of carbonyl (C=O) groups excluding carboxylic acids is 4. The molecule has 168 valence electrons. The molecule has 0 fully saturated rings. The number of anilines is 1. The molecule has 1 aliphatic heterocycles. The number of rotatable bonds is 7. The molecule has 0 spiro atoms. The summed E-state index contributed by atoms with van der Waals surface area (Å²) >= 11 is 0. The molecule has 0 radical (unpaired) electrons. The molecule has 11 heteroatoms. The first kappa shape index (κ1) is 23.1. The van der Waals surface area contributed by atoms with E-state index < -0.39 is 46.4 Å². The van der Waals surface area contributed by atoms with Crippen molar-refractivity contribution in [1.82, 2.24) is 9.21 Å². The first-order chi connectivity index (χ1) is 15.0. The van der Waals surface area contributed by atoms with Crippen molar-refractivity contribution in [3.05, 3.63) is 59.7 Å². The number of hydrogen-bond acceptors (Lipinski definition) is 7. The highest BCUT2D eigenvalue weighted by Gasteiger charge is 2.41. The van der Waals surface area contributed by atoms with Crippen LogP contribution in [0, 0.1) is 0 Å². The molecular weight excluding hydrogens is 438 g/mol. The lowest BCUT2D eigenvalue weighted by Crippen LogP contribution is -2.44. The Balaban J connectivity index is 1.61. The maximum atomic E-state index is 12.5. The van der Waals surface area contributed by atoms with Crippen LogP contribution in [0.4, 0.5) is 5.69 Å². The largest absolute Gasteiger partial charge is 0.454 e. The number of fused-ring (bicyclic) bond motifs is 1. The third-order valence-electron chi connectivity index (χ3n) is 4.80. The van der Waals surface area contributed by atoms with Crippen LogP contribution in [0.3, 0.4) is 0 Å². The van der Waals surface area contributed by atoms with Gasteiger partial charge in [-0.15, -0.1) is 0 Å². The Bertz CT molecular complexity index is 1170. The third-order valence-corrected chi connectivity index (χ3v) is 6.61. The zero-order valence-electron chi connectivity index (χ0n) is 17.6. The Morgan fingerprint density at radius 1 is 1.03 bits per heavy atom. The van der Waals surface area contributed by atoms with Gasteiger partial charge in [-0.05, 0) is 37.3 Å². The Morgan fingerprint density at radius 2 is 1.62 bits per heavy atom. The summed E-state index contributed by atoms with van der Waals surface area (Å²) in [6.07, 6.45) is 0. The van der Waals surface area contributed by atoms with E-state index in [1.165, 1.54) is 57.4 Å². The van der Waals surface area contributed by atoms with E-state index in [9.17, 15) is 27.6 Å². The molecule has 2 aromatic rings. The molecule has 32 heavy (non-hydrogen) atoms. The minimum absolute atomic E-state index is 0.0171. The van der Waals surface area contributed by atoms with E-state index in [2.05, 4.69) is 5.32 Å². The number of nitrogens with zero attached hydrogens (tertiary/aromatic N) is 2. The van der Waals surface area contributed by atoms with Crippen molar-refractivity contribution in [2.45, 2.75) is 17.9 Å². The number of carbonyl (C=O) groups is 4. The van der Waals surface area contributed by atoms with Gasteiger partial charge < -0.3 is 10.1 Å². The fourth-order valence-corrected chi connectivity index (χ4v) is 4.01. The molecule has 1 N–H and O–H groups in total. The van der Waals surface area contributed by atoms with Gasteiger partial charge in [0.25, 0.3) is 17.7 Å². The minimum Gasteiger partial charge on any atom is -0.454 e. The number of imide groups is 1. The van der Waals surface area contributed by atoms with E-state index in [4.69, 9.17) is 4.74 Å². The minimum atomic E-state index is -3.69. The number of esters is 1. The Hall–Kier alpha value is -3.57. The number of benzene rings is 2. The molecule has 10 nitrogen and oxygen atoms in total. The van der Waals surface area contributed by atoms with Crippen molar-refractivity contribution in [3.8, 4) is 0 Å². The number of amides is 3. The van der Waals surface area contributed by atoms with Crippen LogP contribution < -0.4 is 5.32 Å². The summed E-state index contributed by atoms with van der Waals surface area (Å²) < 4.78 is 30.4. The number of sulfonamides is 1. The molecular formula is C21H21N3O7S. The van der Waals surface area contributed by atoms with E-state index in [-0.39, 0.29) is 21.7 Å². The molecule has 1 aliphatic rings. The van der Waals surface area contributed by atoms with Gasteiger partial charge in [-0.3, -0.25) is 19.3 Å². The second kappa shape index (κ2) is 8.89. The van der Waals surface area contributed by atoms with Gasteiger partial charge in [0.1, 0.15) is 6.04 Å². The second-order valence-electron chi connectivity index (χ2n) is 7.17. The normalized spacial score (nSPS) is 14.3. The SMILES string of the molecule is C[C@H](C(=O)OCC(=O)Nc1cccc(S(=O)(=O)N(C)C)c1)N1C(=O)c2ccccc2C1=O. The summed E-state index contributed by atoms with van der Waals surface area (Å²) in [5.41, 5.74) is 0.590. The van der Waals surface area contributed by atoms with Gasteiger partial charge in [0, 0.05) is 19.8 Å². The predicted octanol–water partition coefficient (Wildman–Crippen LogP) is 1.10. The van der Waals surface area contributed by atoms with E-state index in [1.54, 1.807) is 12.1 Å². The van der Waals surface area contributed by atoms with Crippen LogP contribution in [0.5, 0.6) is 0 Å². The lowest BCUT2D eigenvalue weighted by Gasteiger charge is -2.20. The monoisotopic (exact) mass is 459 g/mol. The van der Waals surface area contributed by atoms with Gasteiger partial charge in [-0.2, -0.15) is 0 Å². The summed E-state index contributed by atoms with van der Waals surface area (Å²) in [5, 5.41) is 2.44. The average molecular weight is 459 g/mol. The molecule has 0 aliphatic carbocycles. The molecule has 1 atom stereocenters. The highest BCUT2D eigenvalue weighted by Crippen LogP contribution is 2.25. The van der Waals surface area contributed by atoms with Crippen molar-refractivity contribution in [3.63, 3.8) is 0 Å². The maximum absolute atomic E-state index is 12.5. The molecule has 0 unspecified atom stereocenters. The van der Waals surface area contributed by atoms with Gasteiger partial charge >= 0.3 is 5.97 Å². The fraction of sp³-hybridized carbons (Fsp3) is 0.238. The summed E-state index contributed by atoms with van der Waals surface area (Å²) in [6, 6.07) is 10.6. The molecule has 0 saturated carbocycles. The van der Waals surface area contributed by atoms with Gasteiger partial charge in [-0.1, -0.05) is 18.2 Å². The van der Waals surface area contributed by atoms with E-state index >= 15 is 0 Å². The summed E-state index contributed by atoms with van der Waals surface area (Å²) in [5.74, 6) is -2.87. The van der Waals surface area contributed by atoms with Crippen LogP contribution in [0.15, 0.2) is 53.4 Å². The molecule has 3 amide bonds. The predicted molar refractivity (Wildman–Crippen MR) is 113 cm³/mol. The summed E-state index contributed by atoms with van der Waals surface area (Å²) in [6.45, 7) is 0.647. The number of ether oxygens (including phenoxy) is 1. The first-order valence-electron chi connectivity index (χ1n) is 9.50. The lowest BCUT2D eigenvalue weighted by atomic mass is 10.1. The summed E-state index contributed by atoms with van der Waals surface area (Å²) in [7, 11) is -0.918. The zero-order valence-corrected chi connectivity index (χ0v) is 18.4. The topological polar surface area (TPSA) is 130 Å². The van der Waals surface area contributed by atoms with Crippen LogP contribution in [0.25, 0.3) is 0 Å². The van der Waals surface area contributed by atoms with Gasteiger partial charge in [0.05, 0.1) is 16.0 Å². The van der Waals surface area contributed by atoms with Crippen molar-refractivity contribution in [2.24, 2.45) is 0 Å². The zero-order chi connectivity index (χ0) is 23.6. The molecule has 0 saturated heterocycles. The Labute approximate surface area is 184 Å². The first-order valence-corrected chi connectivity index (χ1v) is 10.9. The fourth-order valence-electron chi connectivity index (χ4n) is 3.06. The maximum Gasteiger partial charge on any atom is 0.329 e. The highest BCUT2D eigenvalue weighted by molar-refractivity contribution is 7.89. The van der Waals surface area contributed by atoms with Gasteiger partial charge in [0.15, 0.2) is 6.61 Å². The quantitative estimate of drug-likeness (QED) is 0.485. The van der Waals surface area contributed by atoms with Crippen molar-refractivity contribution in [1.29, 1.82) is 0 Å². The third kappa shape index (κ3) is 4.39. The van der Waals surface area contributed by atoms with E-state index in [1.807, 2.05) is 0 Å². The molecule has 2 aromatic carbocycles. The van der Waals surface area contributed by atoms with Crippen molar-refractivity contribution < 1.29 is 32.3 Å². The Kier molecular flexibility index (Phi) is 6.42. The lowest BCUT2D eigenvalue weighted by molar-refractivity contribution is -0.150. The highest BCUT2D eigenvalue weighted by atomic mass is 32.2.